The van der Waals surface area contributed by atoms with Crippen molar-refractivity contribution in [1.82, 2.24) is 15.1 Å². The Bertz CT molecular complexity index is 539. The molecule has 1 aliphatic rings. The van der Waals surface area contributed by atoms with Gasteiger partial charge in [0.2, 0.25) is 11.8 Å². The van der Waals surface area contributed by atoms with E-state index in [9.17, 15) is 9.59 Å². The largest absolute Gasteiger partial charge is 0.355 e. The summed E-state index contributed by atoms with van der Waals surface area (Å²) in [6.07, 6.45) is 4.42. The molecule has 0 atom stereocenters. The summed E-state index contributed by atoms with van der Waals surface area (Å²) < 4.78 is 0. The number of hydrogen-bond donors (Lipinski definition) is 1. The van der Waals surface area contributed by atoms with E-state index in [1.807, 2.05) is 29.4 Å². The third-order valence-electron chi connectivity index (χ3n) is 4.41. The molecular formula is C19H29N3O2S. The van der Waals surface area contributed by atoms with Gasteiger partial charge in [-0.15, -0.1) is 0 Å². The molecule has 2 amide bonds. The van der Waals surface area contributed by atoms with Crippen LogP contribution in [-0.2, 0) is 16.0 Å². The molecule has 1 aliphatic heterocycles. The van der Waals surface area contributed by atoms with Gasteiger partial charge in [0.05, 0.1) is 6.54 Å². The van der Waals surface area contributed by atoms with E-state index in [2.05, 4.69) is 22.3 Å². The first-order valence-corrected chi connectivity index (χ1v) is 10.4. The molecule has 1 fully saturated rings. The van der Waals surface area contributed by atoms with Gasteiger partial charge in [0, 0.05) is 44.9 Å². The molecule has 0 aromatic heterocycles. The topological polar surface area (TPSA) is 52.7 Å². The average Bonchev–Trinajstić information content (AvgIpc) is 2.86. The molecular weight excluding hydrogens is 334 g/mol. The Hall–Kier alpha value is -1.53. The van der Waals surface area contributed by atoms with Crippen molar-refractivity contribution in [3.8, 4) is 0 Å². The lowest BCUT2D eigenvalue weighted by Gasteiger charge is -2.21. The first-order chi connectivity index (χ1) is 12.2. The molecule has 0 saturated carbocycles. The molecule has 0 spiro atoms. The predicted molar refractivity (Wildman–Crippen MR) is 104 cm³/mol. The molecule has 2 rings (SSSR count). The first-order valence-electron chi connectivity index (χ1n) is 8.98. The van der Waals surface area contributed by atoms with Crippen molar-refractivity contribution in [3.63, 3.8) is 0 Å². The maximum atomic E-state index is 12.1. The normalized spacial score (nSPS) is 15.6. The lowest BCUT2D eigenvalue weighted by atomic mass is 10.1. The predicted octanol–water partition coefficient (Wildman–Crippen LogP) is 1.63. The Morgan fingerprint density at radius 1 is 1.12 bits per heavy atom. The molecule has 6 heteroatoms. The highest BCUT2D eigenvalue weighted by atomic mass is 32.2. The lowest BCUT2D eigenvalue weighted by Crippen LogP contribution is -2.40. The zero-order valence-electron chi connectivity index (χ0n) is 15.1. The van der Waals surface area contributed by atoms with Gasteiger partial charge in [-0.3, -0.25) is 14.5 Å². The second kappa shape index (κ2) is 11.2. The summed E-state index contributed by atoms with van der Waals surface area (Å²) in [6.45, 7) is 4.26. The van der Waals surface area contributed by atoms with E-state index < -0.39 is 0 Å². The van der Waals surface area contributed by atoms with Gasteiger partial charge in [0.1, 0.15) is 0 Å². The van der Waals surface area contributed by atoms with Gasteiger partial charge in [-0.05, 0) is 24.7 Å². The molecule has 0 radical (unpaired) electrons. The molecule has 5 nitrogen and oxygen atoms in total. The number of nitrogens with one attached hydrogen (secondary N) is 1. The molecule has 1 saturated heterocycles. The summed E-state index contributed by atoms with van der Waals surface area (Å²) in [5.74, 6) is 1.18. The lowest BCUT2D eigenvalue weighted by molar-refractivity contribution is -0.130. The van der Waals surface area contributed by atoms with E-state index in [-0.39, 0.29) is 11.8 Å². The van der Waals surface area contributed by atoms with Gasteiger partial charge in [0.25, 0.3) is 0 Å². The standard InChI is InChI=1S/C19H29N3O2S/c1-25-15-9-19(24)22-12-5-11-21(13-14-22)16-18(23)20-10-8-17-6-3-2-4-7-17/h2-4,6-7H,5,8-16H2,1H3,(H,20,23). The van der Waals surface area contributed by atoms with Gasteiger partial charge < -0.3 is 10.2 Å². The molecule has 0 bridgehead atoms. The van der Waals surface area contributed by atoms with Crippen molar-refractivity contribution in [2.75, 3.05) is 51.3 Å². The molecule has 0 aliphatic carbocycles. The second-order valence-electron chi connectivity index (χ2n) is 6.34. The van der Waals surface area contributed by atoms with E-state index in [1.54, 1.807) is 11.8 Å². The van der Waals surface area contributed by atoms with Crippen molar-refractivity contribution in [2.45, 2.75) is 19.3 Å². The Kier molecular flexibility index (Phi) is 8.83. The zero-order valence-corrected chi connectivity index (χ0v) is 15.9. The van der Waals surface area contributed by atoms with Gasteiger partial charge in [-0.2, -0.15) is 11.8 Å². The maximum absolute atomic E-state index is 12.1. The summed E-state index contributed by atoms with van der Waals surface area (Å²) >= 11 is 1.70. The van der Waals surface area contributed by atoms with Crippen molar-refractivity contribution in [1.29, 1.82) is 0 Å². The van der Waals surface area contributed by atoms with Crippen LogP contribution in [0.3, 0.4) is 0 Å². The second-order valence-corrected chi connectivity index (χ2v) is 7.32. The zero-order chi connectivity index (χ0) is 17.9. The third-order valence-corrected chi connectivity index (χ3v) is 5.02. The maximum Gasteiger partial charge on any atom is 0.234 e. The summed E-state index contributed by atoms with van der Waals surface area (Å²) in [6, 6.07) is 10.2. The van der Waals surface area contributed by atoms with Crippen LogP contribution in [0.2, 0.25) is 0 Å². The Labute approximate surface area is 155 Å². The highest BCUT2D eigenvalue weighted by Gasteiger charge is 2.19. The minimum atomic E-state index is 0.0677. The van der Waals surface area contributed by atoms with Crippen LogP contribution in [-0.4, -0.2) is 72.9 Å². The number of thioether (sulfide) groups is 1. The van der Waals surface area contributed by atoms with Gasteiger partial charge >= 0.3 is 0 Å². The summed E-state index contributed by atoms with van der Waals surface area (Å²) in [5, 5.41) is 3.00. The monoisotopic (exact) mass is 363 g/mol. The van der Waals surface area contributed by atoms with E-state index in [0.717, 1.165) is 44.8 Å². The van der Waals surface area contributed by atoms with Crippen LogP contribution in [0.5, 0.6) is 0 Å². The van der Waals surface area contributed by atoms with E-state index in [4.69, 9.17) is 0 Å². The van der Waals surface area contributed by atoms with Gasteiger partial charge in [-0.25, -0.2) is 0 Å². The highest BCUT2D eigenvalue weighted by molar-refractivity contribution is 7.98. The van der Waals surface area contributed by atoms with Crippen molar-refractivity contribution >= 4 is 23.6 Å². The van der Waals surface area contributed by atoms with Gasteiger partial charge in [0.15, 0.2) is 0 Å². The van der Waals surface area contributed by atoms with Crippen LogP contribution in [0.15, 0.2) is 30.3 Å². The fraction of sp³-hybridized carbons (Fsp3) is 0.579. The fourth-order valence-electron chi connectivity index (χ4n) is 2.98. The number of hydrogen-bond acceptors (Lipinski definition) is 4. The molecule has 138 valence electrons. The molecule has 25 heavy (non-hydrogen) atoms. The van der Waals surface area contributed by atoms with Crippen LogP contribution in [0.25, 0.3) is 0 Å². The summed E-state index contributed by atoms with van der Waals surface area (Å²) in [7, 11) is 0. The third kappa shape index (κ3) is 7.48. The van der Waals surface area contributed by atoms with Crippen LogP contribution in [0.4, 0.5) is 0 Å². The minimum Gasteiger partial charge on any atom is -0.355 e. The average molecular weight is 364 g/mol. The number of amides is 2. The smallest absolute Gasteiger partial charge is 0.234 e. The molecule has 1 N–H and O–H groups in total. The Morgan fingerprint density at radius 3 is 2.68 bits per heavy atom. The number of nitrogens with zero attached hydrogens (tertiary/aromatic N) is 2. The van der Waals surface area contributed by atoms with Crippen LogP contribution < -0.4 is 5.32 Å². The van der Waals surface area contributed by atoms with Gasteiger partial charge in [-0.1, -0.05) is 30.3 Å². The molecule has 1 heterocycles. The fourth-order valence-corrected chi connectivity index (χ4v) is 3.35. The van der Waals surface area contributed by atoms with Crippen LogP contribution in [0, 0.1) is 0 Å². The van der Waals surface area contributed by atoms with E-state index in [1.165, 1.54) is 5.56 Å². The highest BCUT2D eigenvalue weighted by Crippen LogP contribution is 2.07. The number of rotatable bonds is 8. The van der Waals surface area contributed by atoms with E-state index in [0.29, 0.717) is 19.5 Å². The number of carbonyl (C=O) groups excluding carboxylic acids is 2. The minimum absolute atomic E-state index is 0.0677. The summed E-state index contributed by atoms with van der Waals surface area (Å²) in [5.41, 5.74) is 1.23. The Balaban J connectivity index is 1.66. The number of carbonyl (C=O) groups is 2. The summed E-state index contributed by atoms with van der Waals surface area (Å²) in [4.78, 5) is 28.4. The van der Waals surface area contributed by atoms with E-state index >= 15 is 0 Å². The number of benzene rings is 1. The molecule has 1 aromatic carbocycles. The van der Waals surface area contributed by atoms with Crippen LogP contribution >= 0.6 is 11.8 Å². The quantitative estimate of drug-likeness (QED) is 0.763. The Morgan fingerprint density at radius 2 is 1.92 bits per heavy atom. The van der Waals surface area contributed by atoms with Crippen molar-refractivity contribution in [2.24, 2.45) is 0 Å². The molecule has 1 aromatic rings. The SMILES string of the molecule is CSCCC(=O)N1CCCN(CC(=O)NCCc2ccccc2)CC1. The molecule has 0 unspecified atom stereocenters. The first kappa shape index (κ1) is 19.8. The van der Waals surface area contributed by atoms with Crippen molar-refractivity contribution < 1.29 is 9.59 Å². The van der Waals surface area contributed by atoms with Crippen LogP contribution in [0.1, 0.15) is 18.4 Å². The van der Waals surface area contributed by atoms with Crippen molar-refractivity contribution in [3.05, 3.63) is 35.9 Å².